The van der Waals surface area contributed by atoms with Crippen LogP contribution >= 0.6 is 11.8 Å². The van der Waals surface area contributed by atoms with Crippen LogP contribution in [-0.4, -0.2) is 51.6 Å². The fourth-order valence-corrected chi connectivity index (χ4v) is 6.71. The Balaban J connectivity index is 1.47. The van der Waals surface area contributed by atoms with Gasteiger partial charge in [0.05, 0.1) is 24.2 Å². The molecule has 1 heterocycles. The molecular weight excluding hydrogens is 448 g/mol. The van der Waals surface area contributed by atoms with Crippen molar-refractivity contribution in [3.8, 4) is 11.5 Å². The van der Waals surface area contributed by atoms with Crippen LogP contribution in [-0.2, 0) is 14.8 Å². The monoisotopic (exact) mass is 476 g/mol. The number of nitrogens with zero attached hydrogens (tertiary/aromatic N) is 1. The van der Waals surface area contributed by atoms with Crippen LogP contribution in [0.2, 0.25) is 0 Å². The summed E-state index contributed by atoms with van der Waals surface area (Å²) in [4.78, 5) is 12.9. The Labute approximate surface area is 193 Å². The number of sulfonamides is 1. The summed E-state index contributed by atoms with van der Waals surface area (Å²) in [6.07, 6.45) is 4.16. The molecule has 2 aliphatic rings. The van der Waals surface area contributed by atoms with Gasteiger partial charge < -0.3 is 14.8 Å². The Hall–Kier alpha value is -2.39. The molecule has 1 fully saturated rings. The Morgan fingerprint density at radius 1 is 1.16 bits per heavy atom. The molecule has 32 heavy (non-hydrogen) atoms. The number of amides is 1. The second-order valence-corrected chi connectivity index (χ2v) is 11.1. The minimum Gasteiger partial charge on any atom is -0.497 e. The quantitative estimate of drug-likeness (QED) is 0.588. The number of hydrogen-bond acceptors (Lipinski definition) is 6. The van der Waals surface area contributed by atoms with Gasteiger partial charge in [0.2, 0.25) is 0 Å². The van der Waals surface area contributed by atoms with E-state index >= 15 is 0 Å². The lowest BCUT2D eigenvalue weighted by Gasteiger charge is -2.34. The van der Waals surface area contributed by atoms with E-state index in [-0.39, 0.29) is 17.3 Å². The maximum Gasteiger partial charge on any atom is 0.264 e. The van der Waals surface area contributed by atoms with E-state index < -0.39 is 16.1 Å². The number of rotatable bonds is 8. The molecule has 1 saturated carbocycles. The second kappa shape index (κ2) is 10.0. The van der Waals surface area contributed by atoms with Gasteiger partial charge in [-0.3, -0.25) is 9.10 Å². The molecule has 0 radical (unpaired) electrons. The van der Waals surface area contributed by atoms with Gasteiger partial charge in [-0.15, -0.1) is 0 Å². The Bertz CT molecular complexity index is 1040. The van der Waals surface area contributed by atoms with Crippen molar-refractivity contribution in [3.05, 3.63) is 48.5 Å². The van der Waals surface area contributed by atoms with Crippen molar-refractivity contribution in [1.29, 1.82) is 0 Å². The van der Waals surface area contributed by atoms with Crippen molar-refractivity contribution in [2.75, 3.05) is 30.3 Å². The number of anilines is 1. The minimum absolute atomic E-state index is 0.0903. The molecule has 0 bridgehead atoms. The first-order chi connectivity index (χ1) is 15.5. The summed E-state index contributed by atoms with van der Waals surface area (Å²) in [7, 11) is -2.36. The van der Waals surface area contributed by atoms with Crippen LogP contribution in [0.4, 0.5) is 5.69 Å². The van der Waals surface area contributed by atoms with E-state index in [1.807, 2.05) is 11.8 Å². The molecule has 0 aromatic heterocycles. The van der Waals surface area contributed by atoms with Crippen molar-refractivity contribution < 1.29 is 22.7 Å². The number of benzene rings is 2. The Morgan fingerprint density at radius 3 is 2.59 bits per heavy atom. The molecule has 7 nitrogen and oxygen atoms in total. The number of thioether (sulfide) groups is 1. The van der Waals surface area contributed by atoms with E-state index in [2.05, 4.69) is 5.32 Å². The summed E-state index contributed by atoms with van der Waals surface area (Å²) in [6, 6.07) is 13.1. The van der Waals surface area contributed by atoms with Crippen LogP contribution in [0.15, 0.2) is 53.4 Å². The molecule has 4 rings (SSSR count). The lowest BCUT2D eigenvalue weighted by Crippen LogP contribution is -2.51. The van der Waals surface area contributed by atoms with Crippen LogP contribution in [0.3, 0.4) is 0 Å². The molecule has 0 spiro atoms. The van der Waals surface area contributed by atoms with Crippen molar-refractivity contribution in [1.82, 2.24) is 5.32 Å². The summed E-state index contributed by atoms with van der Waals surface area (Å²) in [5.41, 5.74) is 0.421. The van der Waals surface area contributed by atoms with E-state index in [0.29, 0.717) is 29.0 Å². The number of ether oxygens (including phenoxy) is 2. The molecule has 1 aliphatic heterocycles. The SMILES string of the molecule is COc1ccc(S(=O)(=O)N2C[C@@H](C(=O)NCCSC3CCCC3)Oc3ccccc32)cc1. The molecule has 1 amide bonds. The van der Waals surface area contributed by atoms with E-state index in [1.165, 1.54) is 49.2 Å². The Morgan fingerprint density at radius 2 is 1.88 bits per heavy atom. The maximum absolute atomic E-state index is 13.4. The number of fused-ring (bicyclic) bond motifs is 1. The summed E-state index contributed by atoms with van der Waals surface area (Å²) >= 11 is 1.89. The third-order valence-corrected chi connectivity index (χ3v) is 8.91. The van der Waals surface area contributed by atoms with Gasteiger partial charge in [-0.2, -0.15) is 11.8 Å². The van der Waals surface area contributed by atoms with Crippen molar-refractivity contribution >= 4 is 33.4 Å². The number of hydrogen-bond donors (Lipinski definition) is 1. The first-order valence-corrected chi connectivity index (χ1v) is 13.3. The zero-order chi connectivity index (χ0) is 22.6. The van der Waals surface area contributed by atoms with Crippen LogP contribution in [0, 0.1) is 0 Å². The first kappa shape index (κ1) is 22.8. The highest BCUT2D eigenvalue weighted by atomic mass is 32.2. The van der Waals surface area contributed by atoms with E-state index in [1.54, 1.807) is 36.4 Å². The largest absolute Gasteiger partial charge is 0.497 e. The van der Waals surface area contributed by atoms with Crippen LogP contribution in [0.1, 0.15) is 25.7 Å². The third-order valence-electron chi connectivity index (χ3n) is 5.73. The van der Waals surface area contributed by atoms with E-state index in [0.717, 1.165) is 5.75 Å². The normalized spacial score (nSPS) is 18.7. The molecule has 2 aromatic carbocycles. The predicted octanol–water partition coefficient (Wildman–Crippen LogP) is 3.44. The fraction of sp³-hybridized carbons (Fsp3) is 0.435. The van der Waals surface area contributed by atoms with Gasteiger partial charge >= 0.3 is 0 Å². The fourth-order valence-electron chi connectivity index (χ4n) is 4.01. The lowest BCUT2D eigenvalue weighted by molar-refractivity contribution is -0.127. The van der Waals surface area contributed by atoms with Gasteiger partial charge in [0.1, 0.15) is 11.5 Å². The summed E-state index contributed by atoms with van der Waals surface area (Å²) in [6.45, 7) is 0.444. The summed E-state index contributed by atoms with van der Waals surface area (Å²) < 4.78 is 39.1. The van der Waals surface area contributed by atoms with Gasteiger partial charge in [-0.05, 0) is 49.2 Å². The minimum atomic E-state index is -3.89. The molecule has 9 heteroatoms. The highest BCUT2D eigenvalue weighted by Crippen LogP contribution is 2.37. The maximum atomic E-state index is 13.4. The molecule has 1 N–H and O–H groups in total. The average molecular weight is 477 g/mol. The zero-order valence-corrected chi connectivity index (χ0v) is 19.7. The molecule has 0 unspecified atom stereocenters. The smallest absolute Gasteiger partial charge is 0.264 e. The topological polar surface area (TPSA) is 84.9 Å². The zero-order valence-electron chi connectivity index (χ0n) is 18.0. The molecule has 2 aromatic rings. The number of methoxy groups -OCH3 is 1. The van der Waals surface area contributed by atoms with Crippen molar-refractivity contribution in [3.63, 3.8) is 0 Å². The number of para-hydroxylation sites is 2. The van der Waals surface area contributed by atoms with Gasteiger partial charge in [0, 0.05) is 17.5 Å². The molecule has 1 aliphatic carbocycles. The van der Waals surface area contributed by atoms with Crippen LogP contribution in [0.5, 0.6) is 11.5 Å². The standard InChI is InChI=1S/C23H28N2O5S2/c1-29-17-10-12-19(13-11-17)32(27,28)25-16-22(30-21-9-5-4-8-20(21)25)23(26)24-14-15-31-18-6-2-3-7-18/h4-5,8-13,18,22H,2-3,6-7,14-16H2,1H3,(H,24,26)/t22-/m0/s1. The number of nitrogens with one attached hydrogen (secondary N) is 1. The summed E-state index contributed by atoms with van der Waals surface area (Å²) in [5.74, 6) is 1.48. The van der Waals surface area contributed by atoms with Gasteiger partial charge in [-0.25, -0.2) is 8.42 Å². The predicted molar refractivity (Wildman–Crippen MR) is 126 cm³/mol. The van der Waals surface area contributed by atoms with E-state index in [9.17, 15) is 13.2 Å². The van der Waals surface area contributed by atoms with Gasteiger partial charge in [-0.1, -0.05) is 25.0 Å². The Kier molecular flexibility index (Phi) is 7.15. The lowest BCUT2D eigenvalue weighted by atomic mass is 10.2. The second-order valence-electron chi connectivity index (χ2n) is 7.85. The number of carbonyl (C=O) groups excluding carboxylic acids is 1. The van der Waals surface area contributed by atoms with Crippen LogP contribution in [0.25, 0.3) is 0 Å². The van der Waals surface area contributed by atoms with Gasteiger partial charge in [0.25, 0.3) is 15.9 Å². The van der Waals surface area contributed by atoms with Crippen molar-refractivity contribution in [2.45, 2.75) is 41.9 Å². The highest BCUT2D eigenvalue weighted by molar-refractivity contribution is 7.99. The van der Waals surface area contributed by atoms with Gasteiger partial charge in [0.15, 0.2) is 6.10 Å². The molecule has 0 saturated heterocycles. The first-order valence-electron chi connectivity index (χ1n) is 10.8. The van der Waals surface area contributed by atoms with Crippen LogP contribution < -0.4 is 19.1 Å². The van der Waals surface area contributed by atoms with E-state index in [4.69, 9.17) is 9.47 Å². The molecule has 172 valence electrons. The third kappa shape index (κ3) is 4.99. The summed E-state index contributed by atoms with van der Waals surface area (Å²) in [5, 5.41) is 3.60. The highest BCUT2D eigenvalue weighted by Gasteiger charge is 2.37. The molecular formula is C23H28N2O5S2. The molecule has 1 atom stereocenters. The average Bonchev–Trinajstić information content (AvgIpc) is 3.34. The number of carbonyl (C=O) groups is 1. The van der Waals surface area contributed by atoms with Crippen molar-refractivity contribution in [2.24, 2.45) is 0 Å².